The van der Waals surface area contributed by atoms with Gasteiger partial charge in [0.2, 0.25) is 0 Å². The lowest BCUT2D eigenvalue weighted by atomic mass is 9.70. The molecule has 1 heteroatoms. The number of fused-ring (bicyclic) bond motifs is 14. The summed E-state index contributed by atoms with van der Waals surface area (Å²) in [5, 5.41) is 0. The van der Waals surface area contributed by atoms with Gasteiger partial charge in [-0.15, -0.1) is 0 Å². The first kappa shape index (κ1) is 37.2. The number of hydrogen-bond donors (Lipinski definition) is 0. The van der Waals surface area contributed by atoms with Crippen molar-refractivity contribution in [1.82, 2.24) is 0 Å². The van der Waals surface area contributed by atoms with E-state index in [1.807, 2.05) is 18.2 Å². The van der Waals surface area contributed by atoms with Crippen LogP contribution in [0, 0.1) is 27.7 Å². The van der Waals surface area contributed by atoms with Gasteiger partial charge in [0.1, 0.15) is 11.5 Å². The maximum absolute atomic E-state index is 5.71. The fourth-order valence-electron chi connectivity index (χ4n) is 10.0. The largest absolute Gasteiger partial charge is 0.461 e. The van der Waals surface area contributed by atoms with Crippen LogP contribution in [0.15, 0.2) is 182 Å². The van der Waals surface area contributed by atoms with Gasteiger partial charge in [-0.2, -0.15) is 0 Å². The van der Waals surface area contributed by atoms with Gasteiger partial charge < -0.3 is 4.74 Å². The second-order valence-electron chi connectivity index (χ2n) is 16.7. The third-order valence-corrected chi connectivity index (χ3v) is 12.7. The predicted molar refractivity (Wildman–Crippen MR) is 244 cm³/mol. The molecule has 1 heterocycles. The van der Waals surface area contributed by atoms with Crippen LogP contribution in [-0.2, 0) is 17.3 Å². The van der Waals surface area contributed by atoms with Crippen LogP contribution < -0.4 is 4.74 Å². The molecular formula is C57H50O. The zero-order chi connectivity index (χ0) is 40.2. The molecule has 1 aliphatic heterocycles. The Morgan fingerprint density at radius 1 is 0.500 bits per heavy atom. The number of hydrogen-bond acceptors (Lipinski definition) is 1. The molecule has 0 saturated heterocycles. The molecule has 11 rings (SSSR count). The van der Waals surface area contributed by atoms with E-state index in [9.17, 15) is 0 Å². The Labute approximate surface area is 344 Å². The van der Waals surface area contributed by atoms with E-state index in [1.54, 1.807) is 6.08 Å². The van der Waals surface area contributed by atoms with Gasteiger partial charge in [0, 0.05) is 17.4 Å². The minimum Gasteiger partial charge on any atom is -0.461 e. The zero-order valence-corrected chi connectivity index (χ0v) is 34.5. The van der Waals surface area contributed by atoms with Crippen molar-refractivity contribution in [2.75, 3.05) is 0 Å². The highest BCUT2D eigenvalue weighted by atomic mass is 16.5. The quantitative estimate of drug-likeness (QED) is 0.160. The van der Waals surface area contributed by atoms with Gasteiger partial charge in [0.25, 0.3) is 0 Å². The van der Waals surface area contributed by atoms with Crippen LogP contribution in [0.5, 0.6) is 5.75 Å². The molecule has 0 amide bonds. The molecule has 0 radical (unpaired) electrons. The van der Waals surface area contributed by atoms with Crippen molar-refractivity contribution in [2.45, 2.75) is 58.8 Å². The minimum atomic E-state index is -0.189. The molecule has 0 fully saturated rings. The molecule has 1 nitrogen and oxygen atoms in total. The Hall–Kier alpha value is -6.44. The zero-order valence-electron chi connectivity index (χ0n) is 34.5. The molecule has 7 aromatic carbocycles. The van der Waals surface area contributed by atoms with Crippen LogP contribution in [-0.4, -0.2) is 0 Å². The van der Waals surface area contributed by atoms with Crippen LogP contribution in [0.4, 0.5) is 0 Å². The summed E-state index contributed by atoms with van der Waals surface area (Å²) in [5.41, 5.74) is 23.6. The fourth-order valence-corrected chi connectivity index (χ4v) is 10.0. The van der Waals surface area contributed by atoms with Crippen LogP contribution in [0.2, 0.25) is 0 Å². The van der Waals surface area contributed by atoms with Crippen molar-refractivity contribution in [3.05, 3.63) is 243 Å². The molecule has 0 bridgehead atoms. The fraction of sp³-hybridized carbons (Fsp3) is 0.158. The standard InChI is InChI=1S/C26H18.C17H18.C14H14O/c1-17-9-8-16-24-25(17)20-12-4-7-15-23(20)26(24)21-13-5-2-10-18(21)19-11-3-6-14-22(19)26;1-11-8-9-14-13(10-11)16-12(2)6-5-7-15(16)17(14,3)4;1-3-4-5-6-13-10-12-8-7-11(2)9-14(12)15-13/h2-16H,1H3;5-10H,1-4H3;3-9H,1,10H2,2H3/b;;5-4-,13-6+. The van der Waals surface area contributed by atoms with Crippen molar-refractivity contribution < 1.29 is 4.74 Å². The van der Waals surface area contributed by atoms with Gasteiger partial charge in [0.05, 0.1) is 5.41 Å². The van der Waals surface area contributed by atoms with E-state index in [4.69, 9.17) is 4.74 Å². The van der Waals surface area contributed by atoms with E-state index in [-0.39, 0.29) is 10.8 Å². The van der Waals surface area contributed by atoms with E-state index < -0.39 is 0 Å². The number of benzene rings is 7. The van der Waals surface area contributed by atoms with Crippen molar-refractivity contribution in [2.24, 2.45) is 0 Å². The summed E-state index contributed by atoms with van der Waals surface area (Å²) in [6.45, 7) is 17.0. The second kappa shape index (κ2) is 14.5. The molecule has 1 spiro atoms. The monoisotopic (exact) mass is 750 g/mol. The van der Waals surface area contributed by atoms with Crippen LogP contribution in [0.25, 0.3) is 33.4 Å². The molecule has 0 unspecified atom stereocenters. The third kappa shape index (κ3) is 5.83. The van der Waals surface area contributed by atoms with Crippen LogP contribution in [0.1, 0.15) is 75.0 Å². The molecule has 0 aromatic heterocycles. The Bertz CT molecular complexity index is 2780. The number of allylic oxidation sites excluding steroid dienone is 5. The summed E-state index contributed by atoms with van der Waals surface area (Å²) < 4.78 is 5.71. The summed E-state index contributed by atoms with van der Waals surface area (Å²) in [6, 6.07) is 53.5. The summed E-state index contributed by atoms with van der Waals surface area (Å²) in [6.07, 6.45) is 8.46. The topological polar surface area (TPSA) is 9.23 Å². The molecule has 4 aliphatic rings. The molecule has 0 N–H and O–H groups in total. The Morgan fingerprint density at radius 2 is 1.03 bits per heavy atom. The summed E-state index contributed by atoms with van der Waals surface area (Å²) in [4.78, 5) is 0. The molecule has 58 heavy (non-hydrogen) atoms. The average Bonchev–Trinajstić information content (AvgIpc) is 3.93. The Kier molecular flexibility index (Phi) is 9.29. The van der Waals surface area contributed by atoms with E-state index in [2.05, 4.69) is 194 Å². The van der Waals surface area contributed by atoms with Crippen LogP contribution in [0.3, 0.4) is 0 Å². The predicted octanol–water partition coefficient (Wildman–Crippen LogP) is 14.5. The van der Waals surface area contributed by atoms with E-state index in [1.165, 1.54) is 94.6 Å². The van der Waals surface area contributed by atoms with Gasteiger partial charge in [-0.25, -0.2) is 0 Å². The maximum atomic E-state index is 5.71. The van der Waals surface area contributed by atoms with Gasteiger partial charge >= 0.3 is 0 Å². The molecule has 284 valence electrons. The molecular weight excluding hydrogens is 701 g/mol. The number of aryl methyl sites for hydroxylation is 4. The highest BCUT2D eigenvalue weighted by Gasteiger charge is 2.51. The first-order valence-corrected chi connectivity index (χ1v) is 20.5. The van der Waals surface area contributed by atoms with Gasteiger partial charge in [0.15, 0.2) is 0 Å². The summed E-state index contributed by atoms with van der Waals surface area (Å²) in [5.74, 6) is 1.99. The van der Waals surface area contributed by atoms with E-state index in [0.717, 1.165) is 17.9 Å². The normalized spacial score (nSPS) is 15.4. The number of ether oxygens (including phenoxy) is 1. The van der Waals surface area contributed by atoms with E-state index >= 15 is 0 Å². The molecule has 0 saturated carbocycles. The van der Waals surface area contributed by atoms with Gasteiger partial charge in [-0.3, -0.25) is 0 Å². The molecule has 0 atom stereocenters. The second-order valence-corrected chi connectivity index (χ2v) is 16.7. The summed E-state index contributed by atoms with van der Waals surface area (Å²) in [7, 11) is 0. The lowest BCUT2D eigenvalue weighted by Crippen LogP contribution is -2.25. The minimum absolute atomic E-state index is 0.143. The first-order valence-electron chi connectivity index (χ1n) is 20.5. The molecule has 7 aromatic rings. The first-order chi connectivity index (χ1) is 28.1. The number of rotatable bonds is 2. The van der Waals surface area contributed by atoms with Crippen molar-refractivity contribution in [3.63, 3.8) is 0 Å². The van der Waals surface area contributed by atoms with E-state index in [0.29, 0.717) is 0 Å². The smallest absolute Gasteiger partial charge is 0.130 e. The Balaban J connectivity index is 0.000000119. The van der Waals surface area contributed by atoms with Crippen molar-refractivity contribution in [3.8, 4) is 39.1 Å². The SMILES string of the molecule is C=C/C=C\C=C1/Cc2ccc(C)cc2O1.Cc1ccc2c(c1)-c1c(C)cccc1C2(C)C.Cc1cccc2c1-c1ccccc1C21c2ccccc2-c2ccccc21. The average molecular weight is 751 g/mol. The van der Waals surface area contributed by atoms with Crippen molar-refractivity contribution in [1.29, 1.82) is 0 Å². The van der Waals surface area contributed by atoms with Gasteiger partial charge in [-0.05, 0) is 123 Å². The highest BCUT2D eigenvalue weighted by Crippen LogP contribution is 2.63. The lowest BCUT2D eigenvalue weighted by molar-refractivity contribution is 0.446. The summed E-state index contributed by atoms with van der Waals surface area (Å²) >= 11 is 0. The third-order valence-electron chi connectivity index (χ3n) is 12.7. The van der Waals surface area contributed by atoms with Gasteiger partial charge in [-0.1, -0.05) is 184 Å². The molecule has 3 aliphatic carbocycles. The lowest BCUT2D eigenvalue weighted by Gasteiger charge is -2.30. The Morgan fingerprint density at radius 3 is 1.69 bits per heavy atom. The van der Waals surface area contributed by atoms with Crippen LogP contribution >= 0.6 is 0 Å². The maximum Gasteiger partial charge on any atom is 0.130 e. The van der Waals surface area contributed by atoms with Crippen molar-refractivity contribution >= 4 is 0 Å². The highest BCUT2D eigenvalue weighted by molar-refractivity contribution is 5.95.